The Morgan fingerprint density at radius 2 is 2.00 bits per heavy atom. The number of nitrogens with one attached hydrogen (secondary N) is 3. The third-order valence-corrected chi connectivity index (χ3v) is 3.23. The molecule has 3 N–H and O–H groups in total. The van der Waals surface area contributed by atoms with E-state index in [4.69, 9.17) is 0 Å². The van der Waals surface area contributed by atoms with Crippen LogP contribution in [0.1, 0.15) is 24.1 Å². The maximum Gasteiger partial charge on any atom is 0.324 e. The maximum absolute atomic E-state index is 11.9. The molecule has 1 heterocycles. The van der Waals surface area contributed by atoms with Gasteiger partial charge in [-0.15, -0.1) is 0 Å². The van der Waals surface area contributed by atoms with Gasteiger partial charge in [-0.05, 0) is 50.2 Å². The molecular formula is C16H20N4O. The van der Waals surface area contributed by atoms with Crippen LogP contribution in [0.5, 0.6) is 0 Å². The lowest BCUT2D eigenvalue weighted by Gasteiger charge is -2.13. The fourth-order valence-electron chi connectivity index (χ4n) is 1.87. The molecule has 0 saturated carbocycles. The van der Waals surface area contributed by atoms with Crippen LogP contribution in [0.25, 0.3) is 0 Å². The van der Waals surface area contributed by atoms with Crippen LogP contribution >= 0.6 is 0 Å². The first-order chi connectivity index (χ1) is 10.1. The van der Waals surface area contributed by atoms with E-state index < -0.39 is 0 Å². The molecule has 110 valence electrons. The van der Waals surface area contributed by atoms with Crippen molar-refractivity contribution in [3.63, 3.8) is 0 Å². The Bertz CT molecular complexity index is 610. The van der Waals surface area contributed by atoms with Gasteiger partial charge in [0.15, 0.2) is 0 Å². The lowest BCUT2D eigenvalue weighted by molar-refractivity contribution is 0.262. The second-order valence-electron chi connectivity index (χ2n) is 4.94. The van der Waals surface area contributed by atoms with E-state index in [1.165, 1.54) is 0 Å². The number of carbonyl (C=O) groups excluding carboxylic acids is 1. The van der Waals surface area contributed by atoms with Crippen molar-refractivity contribution >= 4 is 17.5 Å². The second-order valence-corrected chi connectivity index (χ2v) is 4.94. The van der Waals surface area contributed by atoms with E-state index in [-0.39, 0.29) is 12.1 Å². The third kappa shape index (κ3) is 4.29. The number of carbonyl (C=O) groups is 1. The first-order valence-electron chi connectivity index (χ1n) is 6.86. The highest BCUT2D eigenvalue weighted by Gasteiger charge is 2.06. The molecule has 21 heavy (non-hydrogen) atoms. The number of nitrogens with zero attached hydrogens (tertiary/aromatic N) is 1. The number of benzene rings is 1. The van der Waals surface area contributed by atoms with E-state index in [9.17, 15) is 4.79 Å². The Balaban J connectivity index is 2.01. The molecule has 0 aliphatic rings. The molecule has 1 aromatic carbocycles. The Morgan fingerprint density at radius 1 is 1.19 bits per heavy atom. The van der Waals surface area contributed by atoms with Gasteiger partial charge in [-0.25, -0.2) is 9.78 Å². The van der Waals surface area contributed by atoms with E-state index in [0.29, 0.717) is 5.82 Å². The van der Waals surface area contributed by atoms with Gasteiger partial charge in [-0.2, -0.15) is 0 Å². The summed E-state index contributed by atoms with van der Waals surface area (Å²) in [6, 6.07) is 11.3. The molecule has 2 amide bonds. The summed E-state index contributed by atoms with van der Waals surface area (Å²) in [4.78, 5) is 16.1. The first-order valence-corrected chi connectivity index (χ1v) is 6.86. The van der Waals surface area contributed by atoms with Crippen molar-refractivity contribution in [2.24, 2.45) is 0 Å². The van der Waals surface area contributed by atoms with Crippen LogP contribution in [0.15, 0.2) is 42.6 Å². The fraction of sp³-hybridized carbons (Fsp3) is 0.250. The van der Waals surface area contributed by atoms with Gasteiger partial charge in [0.05, 0.1) is 0 Å². The summed E-state index contributed by atoms with van der Waals surface area (Å²) in [6.07, 6.45) is 1.71. The number of hydrogen-bond donors (Lipinski definition) is 3. The number of anilines is 2. The lowest BCUT2D eigenvalue weighted by Crippen LogP contribution is -2.20. The summed E-state index contributed by atoms with van der Waals surface area (Å²) >= 11 is 0. The fourth-order valence-corrected chi connectivity index (χ4v) is 1.87. The number of urea groups is 1. The van der Waals surface area contributed by atoms with Crippen LogP contribution < -0.4 is 16.0 Å². The smallest absolute Gasteiger partial charge is 0.313 e. The van der Waals surface area contributed by atoms with Crippen LogP contribution in [0.2, 0.25) is 0 Å². The molecule has 2 rings (SSSR count). The summed E-state index contributed by atoms with van der Waals surface area (Å²) in [6.45, 7) is 4.01. The van der Waals surface area contributed by atoms with Crippen LogP contribution in [0.4, 0.5) is 16.3 Å². The molecular weight excluding hydrogens is 264 g/mol. The number of pyridine rings is 1. The van der Waals surface area contributed by atoms with Crippen LogP contribution in [-0.4, -0.2) is 18.1 Å². The van der Waals surface area contributed by atoms with Crippen molar-refractivity contribution in [2.45, 2.75) is 19.9 Å². The third-order valence-electron chi connectivity index (χ3n) is 3.23. The van der Waals surface area contributed by atoms with E-state index in [1.54, 1.807) is 12.3 Å². The van der Waals surface area contributed by atoms with E-state index >= 15 is 0 Å². The molecule has 1 aromatic heterocycles. The molecule has 0 fully saturated rings. The van der Waals surface area contributed by atoms with Crippen molar-refractivity contribution < 1.29 is 4.79 Å². The second kappa shape index (κ2) is 6.85. The lowest BCUT2D eigenvalue weighted by atomic mass is 10.1. The van der Waals surface area contributed by atoms with Gasteiger partial charge in [-0.1, -0.05) is 18.2 Å². The number of hydrogen-bond acceptors (Lipinski definition) is 3. The van der Waals surface area contributed by atoms with Gasteiger partial charge in [0.25, 0.3) is 0 Å². The highest BCUT2D eigenvalue weighted by atomic mass is 16.2. The minimum absolute atomic E-state index is 0.230. The normalized spacial score (nSPS) is 11.8. The molecule has 1 unspecified atom stereocenters. The first kappa shape index (κ1) is 15.0. The molecule has 2 aromatic rings. The predicted molar refractivity (Wildman–Crippen MR) is 85.5 cm³/mol. The van der Waals surface area contributed by atoms with Crippen molar-refractivity contribution in [1.29, 1.82) is 0 Å². The Kier molecular flexibility index (Phi) is 4.90. The van der Waals surface area contributed by atoms with Gasteiger partial charge < -0.3 is 10.6 Å². The molecule has 1 atom stereocenters. The quantitative estimate of drug-likeness (QED) is 0.807. The minimum atomic E-state index is -0.305. The molecule has 0 aliphatic carbocycles. The summed E-state index contributed by atoms with van der Waals surface area (Å²) in [5.74, 6) is 0.526. The average molecular weight is 284 g/mol. The number of aromatic nitrogens is 1. The Morgan fingerprint density at radius 3 is 2.67 bits per heavy atom. The predicted octanol–water partition coefficient (Wildman–Crippen LogP) is 3.31. The molecule has 0 spiro atoms. The molecule has 0 radical (unpaired) electrons. The Hall–Kier alpha value is -2.40. The minimum Gasteiger partial charge on any atom is -0.313 e. The highest BCUT2D eigenvalue weighted by Crippen LogP contribution is 2.17. The van der Waals surface area contributed by atoms with Crippen molar-refractivity contribution in [3.8, 4) is 0 Å². The zero-order chi connectivity index (χ0) is 15.2. The summed E-state index contributed by atoms with van der Waals surface area (Å²) in [7, 11) is 1.90. The van der Waals surface area contributed by atoms with Crippen molar-refractivity contribution in [3.05, 3.63) is 53.7 Å². The Labute approximate surface area is 124 Å². The van der Waals surface area contributed by atoms with Gasteiger partial charge in [-0.3, -0.25) is 5.32 Å². The molecule has 0 bridgehead atoms. The highest BCUT2D eigenvalue weighted by molar-refractivity contribution is 5.99. The van der Waals surface area contributed by atoms with Crippen molar-refractivity contribution in [2.75, 3.05) is 17.7 Å². The maximum atomic E-state index is 11.9. The van der Waals surface area contributed by atoms with Crippen LogP contribution in [-0.2, 0) is 0 Å². The standard InChI is InChI=1S/C16H20N4O/c1-11-7-8-15(18-10-11)20-16(21)19-14-6-4-5-13(9-14)12(2)17-3/h4-10,12,17H,1-3H3,(H2,18,19,20,21). The monoisotopic (exact) mass is 284 g/mol. The zero-order valence-corrected chi connectivity index (χ0v) is 12.5. The molecule has 0 saturated heterocycles. The SMILES string of the molecule is CNC(C)c1cccc(NC(=O)Nc2ccc(C)cn2)c1. The zero-order valence-electron chi connectivity index (χ0n) is 12.5. The molecule has 0 aliphatic heterocycles. The van der Waals surface area contributed by atoms with Gasteiger partial charge >= 0.3 is 6.03 Å². The van der Waals surface area contributed by atoms with Gasteiger partial charge in [0.1, 0.15) is 5.82 Å². The van der Waals surface area contributed by atoms with Gasteiger partial charge in [0.2, 0.25) is 0 Å². The number of amides is 2. The largest absolute Gasteiger partial charge is 0.324 e. The average Bonchev–Trinajstić information content (AvgIpc) is 2.49. The topological polar surface area (TPSA) is 66.0 Å². The van der Waals surface area contributed by atoms with Gasteiger partial charge in [0, 0.05) is 17.9 Å². The number of aryl methyl sites for hydroxylation is 1. The van der Waals surface area contributed by atoms with Crippen LogP contribution in [0, 0.1) is 6.92 Å². The summed E-state index contributed by atoms with van der Waals surface area (Å²) in [5, 5.41) is 8.68. The molecule has 5 heteroatoms. The number of rotatable bonds is 4. The summed E-state index contributed by atoms with van der Waals surface area (Å²) < 4.78 is 0. The molecule has 5 nitrogen and oxygen atoms in total. The van der Waals surface area contributed by atoms with E-state index in [0.717, 1.165) is 16.8 Å². The van der Waals surface area contributed by atoms with E-state index in [1.807, 2.05) is 44.3 Å². The van der Waals surface area contributed by atoms with Crippen LogP contribution in [0.3, 0.4) is 0 Å². The van der Waals surface area contributed by atoms with E-state index in [2.05, 4.69) is 27.9 Å². The van der Waals surface area contributed by atoms with Crippen molar-refractivity contribution in [1.82, 2.24) is 10.3 Å². The summed E-state index contributed by atoms with van der Waals surface area (Å²) in [5.41, 5.74) is 2.91.